The van der Waals surface area contributed by atoms with E-state index in [2.05, 4.69) is 15.9 Å². The quantitative estimate of drug-likeness (QED) is 0.291. The van der Waals surface area contributed by atoms with Crippen molar-refractivity contribution >= 4 is 45.4 Å². The molecular formula is C29H32BrNO5S. The van der Waals surface area contributed by atoms with Crippen molar-refractivity contribution in [3.05, 3.63) is 80.3 Å². The van der Waals surface area contributed by atoms with Gasteiger partial charge >= 0.3 is 5.97 Å². The van der Waals surface area contributed by atoms with Crippen molar-refractivity contribution in [1.29, 1.82) is 0 Å². The molecule has 37 heavy (non-hydrogen) atoms. The molecule has 6 nitrogen and oxygen atoms in total. The topological polar surface area (TPSA) is 72.9 Å². The van der Waals surface area contributed by atoms with E-state index in [1.807, 2.05) is 46.8 Å². The van der Waals surface area contributed by atoms with Crippen molar-refractivity contribution in [1.82, 2.24) is 4.90 Å². The summed E-state index contributed by atoms with van der Waals surface area (Å²) in [5, 5.41) is 0. The van der Waals surface area contributed by atoms with E-state index < -0.39 is 21.9 Å². The van der Waals surface area contributed by atoms with Gasteiger partial charge in [-0.05, 0) is 53.7 Å². The Morgan fingerprint density at radius 1 is 1.03 bits per heavy atom. The number of halogens is 1. The molecule has 0 aromatic heterocycles. The zero-order chi connectivity index (χ0) is 27.2. The van der Waals surface area contributed by atoms with Gasteiger partial charge in [0.25, 0.3) is 5.91 Å². The Morgan fingerprint density at radius 2 is 1.65 bits per heavy atom. The molecule has 0 saturated heterocycles. The summed E-state index contributed by atoms with van der Waals surface area (Å²) < 4.78 is 12.4. The van der Waals surface area contributed by atoms with Gasteiger partial charge in [-0.3, -0.25) is 9.59 Å². The molecule has 2 aliphatic heterocycles. The van der Waals surface area contributed by atoms with E-state index in [4.69, 9.17) is 9.47 Å². The van der Waals surface area contributed by atoms with Crippen LogP contribution in [0.5, 0.6) is 0 Å². The van der Waals surface area contributed by atoms with Crippen LogP contribution in [0.2, 0.25) is 0 Å². The average Bonchev–Trinajstić information content (AvgIpc) is 3.15. The van der Waals surface area contributed by atoms with Crippen molar-refractivity contribution in [3.8, 4) is 0 Å². The number of hydrogen-bond donors (Lipinski definition) is 0. The van der Waals surface area contributed by atoms with Crippen molar-refractivity contribution in [2.75, 3.05) is 13.2 Å². The van der Waals surface area contributed by atoms with Crippen molar-refractivity contribution < 1.29 is 23.9 Å². The number of fused-ring (bicyclic) bond motifs is 2. The number of esters is 1. The second-order valence-electron chi connectivity index (χ2n) is 9.79. The fourth-order valence-electron chi connectivity index (χ4n) is 5.39. The summed E-state index contributed by atoms with van der Waals surface area (Å²) in [5.41, 5.74) is -0.933. The summed E-state index contributed by atoms with van der Waals surface area (Å²) in [7, 11) is 0. The van der Waals surface area contributed by atoms with E-state index in [1.165, 1.54) is 0 Å². The number of carbonyl (C=O) groups excluding carboxylic acids is 3. The highest BCUT2D eigenvalue weighted by Gasteiger charge is 2.69. The Labute approximate surface area is 230 Å². The lowest BCUT2D eigenvalue weighted by atomic mass is 9.78. The van der Waals surface area contributed by atoms with Gasteiger partial charge in [0.1, 0.15) is 0 Å². The predicted octanol–water partition coefficient (Wildman–Crippen LogP) is 6.33. The second kappa shape index (κ2) is 10.0. The third kappa shape index (κ3) is 4.27. The molecule has 2 aliphatic rings. The fourth-order valence-corrected chi connectivity index (χ4v) is 7.06. The van der Waals surface area contributed by atoms with E-state index in [9.17, 15) is 14.4 Å². The summed E-state index contributed by atoms with van der Waals surface area (Å²) in [6, 6.07) is 14.2. The molecule has 2 aromatic carbocycles. The first-order valence-corrected chi connectivity index (χ1v) is 14.0. The van der Waals surface area contributed by atoms with Crippen LogP contribution in [0.4, 0.5) is 0 Å². The summed E-state index contributed by atoms with van der Waals surface area (Å²) in [4.78, 5) is 44.7. The van der Waals surface area contributed by atoms with Gasteiger partial charge in [-0.25, -0.2) is 4.79 Å². The Bertz CT molecular complexity index is 1290. The number of nitrogens with zero attached hydrogens (tertiary/aromatic N) is 1. The van der Waals surface area contributed by atoms with Gasteiger partial charge in [-0.15, -0.1) is 11.8 Å². The van der Waals surface area contributed by atoms with Gasteiger partial charge in [-0.2, -0.15) is 0 Å². The Morgan fingerprint density at radius 3 is 2.24 bits per heavy atom. The van der Waals surface area contributed by atoms with E-state index in [0.717, 1.165) is 15.1 Å². The number of Topliss-reactive ketones (excluding diaryl/α,β-unsaturated/α-hetero) is 1. The second-order valence-corrected chi connectivity index (χ2v) is 12.5. The van der Waals surface area contributed by atoms with E-state index in [1.54, 1.807) is 60.0 Å². The highest BCUT2D eigenvalue weighted by atomic mass is 79.9. The zero-order valence-electron chi connectivity index (χ0n) is 22.0. The predicted molar refractivity (Wildman–Crippen MR) is 148 cm³/mol. The normalized spacial score (nSPS) is 24.7. The first-order valence-electron chi connectivity index (χ1n) is 12.4. The molecule has 4 rings (SSSR count). The molecule has 0 radical (unpaired) electrons. The van der Waals surface area contributed by atoms with Gasteiger partial charge < -0.3 is 14.4 Å². The summed E-state index contributed by atoms with van der Waals surface area (Å²) in [6.07, 6.45) is -0.294. The van der Waals surface area contributed by atoms with Crippen LogP contribution >= 0.6 is 27.7 Å². The first-order chi connectivity index (χ1) is 17.4. The maximum Gasteiger partial charge on any atom is 0.343 e. The fraction of sp³-hybridized carbons (Fsp3) is 0.414. The SMILES string of the molecule is CCOC(=O)C1(CC(=O)c2ccc(Br)cc2)OC2(C(=O)N(CC)C(C)=C(C)SC2(C)C)c2ccccc21. The maximum absolute atomic E-state index is 14.5. The molecule has 1 amide bonds. The number of rotatable bonds is 6. The number of carbonyl (C=O) groups is 3. The Hall–Kier alpha value is -2.42. The zero-order valence-corrected chi connectivity index (χ0v) is 24.4. The Kier molecular flexibility index (Phi) is 7.49. The molecule has 0 bridgehead atoms. The smallest absolute Gasteiger partial charge is 0.343 e. The summed E-state index contributed by atoms with van der Waals surface area (Å²) >= 11 is 4.94. The number of allylic oxidation sites excluding steroid dienone is 2. The maximum atomic E-state index is 14.5. The highest BCUT2D eigenvalue weighted by Crippen LogP contribution is 2.61. The molecule has 0 fully saturated rings. The summed E-state index contributed by atoms with van der Waals surface area (Å²) in [6.45, 7) is 12.0. The molecule has 2 atom stereocenters. The third-order valence-corrected chi connectivity index (χ3v) is 9.21. The number of amides is 1. The van der Waals surface area contributed by atoms with Crippen LogP contribution in [0.1, 0.15) is 69.4 Å². The van der Waals surface area contributed by atoms with Gasteiger partial charge in [0, 0.05) is 38.3 Å². The van der Waals surface area contributed by atoms with Crippen molar-refractivity contribution in [2.45, 2.75) is 63.9 Å². The van der Waals surface area contributed by atoms with Crippen LogP contribution < -0.4 is 0 Å². The van der Waals surface area contributed by atoms with Crippen molar-refractivity contribution in [3.63, 3.8) is 0 Å². The van der Waals surface area contributed by atoms with Gasteiger partial charge in [0.05, 0.1) is 17.8 Å². The largest absolute Gasteiger partial charge is 0.464 e. The highest BCUT2D eigenvalue weighted by molar-refractivity contribution is 9.10. The minimum atomic E-state index is -1.78. The monoisotopic (exact) mass is 585 g/mol. The summed E-state index contributed by atoms with van der Waals surface area (Å²) in [5.74, 6) is -1.21. The number of benzene rings is 2. The number of hydrogen-bond acceptors (Lipinski definition) is 6. The van der Waals surface area contributed by atoms with Gasteiger partial charge in [0.2, 0.25) is 0 Å². The molecule has 2 unspecified atom stereocenters. The van der Waals surface area contributed by atoms with Gasteiger partial charge in [-0.1, -0.05) is 52.3 Å². The molecule has 2 aromatic rings. The lowest BCUT2D eigenvalue weighted by Crippen LogP contribution is -2.57. The number of thioether (sulfide) groups is 1. The minimum absolute atomic E-state index is 0.110. The van der Waals surface area contributed by atoms with Gasteiger partial charge in [0.15, 0.2) is 17.0 Å². The molecule has 1 spiro atoms. The van der Waals surface area contributed by atoms with Crippen LogP contribution in [-0.4, -0.2) is 40.5 Å². The molecule has 0 aliphatic carbocycles. The number of ketones is 1. The standard InChI is InChI=1S/C29H32BrNO5S/c1-7-31-18(3)19(4)37-27(5,6)29(25(31)33)23-12-10-9-11-22(23)28(36-29,26(34)35-8-2)17-24(32)20-13-15-21(30)16-14-20/h9-16H,7-8,17H2,1-6H3. The lowest BCUT2D eigenvalue weighted by Gasteiger charge is -2.43. The average molecular weight is 587 g/mol. The number of likely N-dealkylation sites (N-methyl/N-ethyl adjacent to an activating group) is 1. The molecule has 0 saturated carbocycles. The van der Waals surface area contributed by atoms with Crippen LogP contribution in [-0.2, 0) is 30.3 Å². The van der Waals surface area contributed by atoms with E-state index in [-0.39, 0.29) is 24.7 Å². The first kappa shape index (κ1) is 27.6. The van der Waals surface area contributed by atoms with Crippen LogP contribution in [0.25, 0.3) is 0 Å². The van der Waals surface area contributed by atoms with Crippen LogP contribution in [0.3, 0.4) is 0 Å². The molecule has 2 heterocycles. The number of ether oxygens (including phenoxy) is 2. The third-order valence-electron chi connectivity index (χ3n) is 7.28. The Balaban J connectivity index is 1.96. The lowest BCUT2D eigenvalue weighted by molar-refractivity contribution is -0.203. The van der Waals surface area contributed by atoms with E-state index >= 15 is 0 Å². The molecule has 8 heteroatoms. The molecule has 196 valence electrons. The minimum Gasteiger partial charge on any atom is -0.464 e. The molecule has 0 N–H and O–H groups in total. The van der Waals surface area contributed by atoms with Crippen LogP contribution in [0, 0.1) is 0 Å². The van der Waals surface area contributed by atoms with Crippen molar-refractivity contribution in [2.24, 2.45) is 0 Å². The van der Waals surface area contributed by atoms with E-state index in [0.29, 0.717) is 23.2 Å². The molecular weight excluding hydrogens is 554 g/mol. The van der Waals surface area contributed by atoms with Crippen LogP contribution in [0.15, 0.2) is 63.6 Å².